The second-order valence-corrected chi connectivity index (χ2v) is 6.59. The second-order valence-electron chi connectivity index (χ2n) is 6.59. The second kappa shape index (κ2) is 8.44. The SMILES string of the molecule is COC(=O)c1cccc(N)c1NCc1ccc(-c2ccccc2-c2nn[nH]n2)cc1. The molecule has 0 amide bonds. The van der Waals surface area contributed by atoms with Gasteiger partial charge in [-0.1, -0.05) is 54.6 Å². The number of tetrazole rings is 1. The van der Waals surface area contributed by atoms with Crippen LogP contribution in [0.3, 0.4) is 0 Å². The Morgan fingerprint density at radius 2 is 1.80 bits per heavy atom. The van der Waals surface area contributed by atoms with Gasteiger partial charge in [-0.2, -0.15) is 5.21 Å². The Bertz CT molecular complexity index is 1160. The molecule has 0 saturated heterocycles. The van der Waals surface area contributed by atoms with Gasteiger partial charge in [0.25, 0.3) is 0 Å². The number of hydrogen-bond acceptors (Lipinski definition) is 7. The van der Waals surface area contributed by atoms with E-state index < -0.39 is 5.97 Å². The highest BCUT2D eigenvalue weighted by Gasteiger charge is 2.14. The van der Waals surface area contributed by atoms with Gasteiger partial charge in [0.1, 0.15) is 0 Å². The molecule has 150 valence electrons. The van der Waals surface area contributed by atoms with Gasteiger partial charge in [-0.05, 0) is 34.0 Å². The van der Waals surface area contributed by atoms with Crippen molar-refractivity contribution in [3.05, 3.63) is 77.9 Å². The smallest absolute Gasteiger partial charge is 0.340 e. The lowest BCUT2D eigenvalue weighted by Crippen LogP contribution is -2.10. The molecule has 4 N–H and O–H groups in total. The number of hydrogen-bond donors (Lipinski definition) is 3. The molecule has 0 aliphatic heterocycles. The van der Waals surface area contributed by atoms with E-state index in [4.69, 9.17) is 10.5 Å². The van der Waals surface area contributed by atoms with Crippen LogP contribution in [0.5, 0.6) is 0 Å². The summed E-state index contributed by atoms with van der Waals surface area (Å²) in [7, 11) is 1.35. The molecule has 0 fully saturated rings. The number of H-pyrrole nitrogens is 1. The highest BCUT2D eigenvalue weighted by Crippen LogP contribution is 2.30. The van der Waals surface area contributed by atoms with Crippen LogP contribution in [0.4, 0.5) is 11.4 Å². The predicted molar refractivity (Wildman–Crippen MR) is 115 cm³/mol. The maximum absolute atomic E-state index is 12.0. The highest BCUT2D eigenvalue weighted by molar-refractivity contribution is 5.98. The fourth-order valence-electron chi connectivity index (χ4n) is 3.25. The van der Waals surface area contributed by atoms with E-state index in [1.54, 1.807) is 18.2 Å². The van der Waals surface area contributed by atoms with Gasteiger partial charge < -0.3 is 15.8 Å². The maximum Gasteiger partial charge on any atom is 0.340 e. The summed E-state index contributed by atoms with van der Waals surface area (Å²) >= 11 is 0. The fraction of sp³-hybridized carbons (Fsp3) is 0.0909. The van der Waals surface area contributed by atoms with Gasteiger partial charge in [0, 0.05) is 12.1 Å². The minimum atomic E-state index is -0.432. The lowest BCUT2D eigenvalue weighted by Gasteiger charge is -2.14. The van der Waals surface area contributed by atoms with E-state index in [-0.39, 0.29) is 0 Å². The number of aromatic amines is 1. The van der Waals surface area contributed by atoms with Crippen LogP contribution >= 0.6 is 0 Å². The van der Waals surface area contributed by atoms with E-state index in [1.807, 2.05) is 48.5 Å². The van der Waals surface area contributed by atoms with Crippen molar-refractivity contribution in [2.75, 3.05) is 18.2 Å². The first-order valence-electron chi connectivity index (χ1n) is 9.30. The van der Waals surface area contributed by atoms with Crippen LogP contribution in [-0.2, 0) is 11.3 Å². The zero-order chi connectivity index (χ0) is 20.9. The summed E-state index contributed by atoms with van der Waals surface area (Å²) in [5.41, 5.74) is 11.5. The molecule has 0 atom stereocenters. The van der Waals surface area contributed by atoms with Crippen molar-refractivity contribution in [3.63, 3.8) is 0 Å². The highest BCUT2D eigenvalue weighted by atomic mass is 16.5. The molecule has 8 heteroatoms. The van der Waals surface area contributed by atoms with E-state index in [0.29, 0.717) is 29.3 Å². The standard InChI is InChI=1S/C22H20N6O2/c1-30-22(29)18-7-4-8-19(23)20(18)24-13-14-9-11-15(12-10-14)16-5-2-3-6-17(16)21-25-27-28-26-21/h2-12,24H,13,23H2,1H3,(H,25,26,27,28). The molecule has 0 saturated carbocycles. The lowest BCUT2D eigenvalue weighted by atomic mass is 9.98. The van der Waals surface area contributed by atoms with Crippen molar-refractivity contribution in [3.8, 4) is 22.5 Å². The number of carbonyl (C=O) groups is 1. The molecule has 4 aromatic rings. The van der Waals surface area contributed by atoms with Crippen LogP contribution in [0.15, 0.2) is 66.7 Å². The van der Waals surface area contributed by atoms with Crippen LogP contribution < -0.4 is 11.1 Å². The van der Waals surface area contributed by atoms with E-state index in [1.165, 1.54) is 7.11 Å². The minimum Gasteiger partial charge on any atom is -0.465 e. The van der Waals surface area contributed by atoms with E-state index in [2.05, 4.69) is 25.9 Å². The molecule has 4 rings (SSSR count). The van der Waals surface area contributed by atoms with Crippen LogP contribution in [0.25, 0.3) is 22.5 Å². The van der Waals surface area contributed by atoms with Gasteiger partial charge in [0.2, 0.25) is 5.82 Å². The number of benzene rings is 3. The Morgan fingerprint density at radius 1 is 1.03 bits per heavy atom. The van der Waals surface area contributed by atoms with Crippen LogP contribution in [-0.4, -0.2) is 33.7 Å². The first-order valence-corrected chi connectivity index (χ1v) is 9.30. The van der Waals surface area contributed by atoms with Gasteiger partial charge >= 0.3 is 5.97 Å². The fourth-order valence-corrected chi connectivity index (χ4v) is 3.25. The molecule has 0 unspecified atom stereocenters. The number of methoxy groups -OCH3 is 1. The molecule has 30 heavy (non-hydrogen) atoms. The van der Waals surface area contributed by atoms with Crippen LogP contribution in [0.1, 0.15) is 15.9 Å². The molecule has 0 aliphatic rings. The van der Waals surface area contributed by atoms with Gasteiger partial charge in [-0.15, -0.1) is 10.2 Å². The van der Waals surface area contributed by atoms with E-state index in [9.17, 15) is 4.79 Å². The summed E-state index contributed by atoms with van der Waals surface area (Å²) in [5, 5.41) is 17.5. The molecule has 1 aromatic heterocycles. The van der Waals surface area contributed by atoms with Crippen LogP contribution in [0, 0.1) is 0 Å². The van der Waals surface area contributed by atoms with Crippen LogP contribution in [0.2, 0.25) is 0 Å². The lowest BCUT2D eigenvalue weighted by molar-refractivity contribution is 0.0602. The summed E-state index contributed by atoms with van der Waals surface area (Å²) in [6, 6.07) is 21.2. The third-order valence-corrected chi connectivity index (χ3v) is 4.75. The average molecular weight is 400 g/mol. The number of anilines is 2. The number of aromatic nitrogens is 4. The summed E-state index contributed by atoms with van der Waals surface area (Å²) in [6.07, 6.45) is 0. The van der Waals surface area contributed by atoms with E-state index in [0.717, 1.165) is 22.3 Å². The number of carbonyl (C=O) groups excluding carboxylic acids is 1. The topological polar surface area (TPSA) is 119 Å². The van der Waals surface area contributed by atoms with Crippen molar-refractivity contribution in [1.29, 1.82) is 0 Å². The molecule has 0 bridgehead atoms. The number of nitrogens with two attached hydrogens (primary N) is 1. The molecule has 0 aliphatic carbocycles. The summed E-state index contributed by atoms with van der Waals surface area (Å²) < 4.78 is 4.84. The molecule has 0 spiro atoms. The van der Waals surface area contributed by atoms with Gasteiger partial charge in [0.05, 0.1) is 24.0 Å². The normalized spacial score (nSPS) is 10.6. The number of nitrogens with one attached hydrogen (secondary N) is 2. The number of rotatable bonds is 6. The number of nitrogen functional groups attached to an aromatic ring is 1. The Kier molecular flexibility index (Phi) is 5.38. The first-order chi connectivity index (χ1) is 14.7. The number of para-hydroxylation sites is 1. The molecular weight excluding hydrogens is 380 g/mol. The summed E-state index contributed by atoms with van der Waals surface area (Å²) in [5.74, 6) is 0.115. The molecule has 0 radical (unpaired) electrons. The third kappa shape index (κ3) is 3.83. The van der Waals surface area contributed by atoms with Gasteiger partial charge in [-0.3, -0.25) is 0 Å². The number of ether oxygens (including phenoxy) is 1. The van der Waals surface area contributed by atoms with Gasteiger partial charge in [0.15, 0.2) is 0 Å². The Labute approximate surface area is 173 Å². The zero-order valence-corrected chi connectivity index (χ0v) is 16.3. The quantitative estimate of drug-likeness (QED) is 0.335. The van der Waals surface area contributed by atoms with Crippen molar-refractivity contribution >= 4 is 17.3 Å². The first kappa shape index (κ1) is 19.1. The van der Waals surface area contributed by atoms with Gasteiger partial charge in [-0.25, -0.2) is 4.79 Å². The van der Waals surface area contributed by atoms with Crippen molar-refractivity contribution in [2.24, 2.45) is 0 Å². The largest absolute Gasteiger partial charge is 0.465 e. The summed E-state index contributed by atoms with van der Waals surface area (Å²) in [4.78, 5) is 12.0. The Balaban J connectivity index is 1.55. The zero-order valence-electron chi connectivity index (χ0n) is 16.3. The minimum absolute atomic E-state index is 0.406. The van der Waals surface area contributed by atoms with E-state index >= 15 is 0 Å². The monoisotopic (exact) mass is 400 g/mol. The molecule has 3 aromatic carbocycles. The number of nitrogens with zero attached hydrogens (tertiary/aromatic N) is 3. The average Bonchev–Trinajstić information content (AvgIpc) is 3.33. The molecule has 8 nitrogen and oxygen atoms in total. The van der Waals surface area contributed by atoms with Crippen molar-refractivity contribution < 1.29 is 9.53 Å². The Hall–Kier alpha value is -4.20. The number of esters is 1. The third-order valence-electron chi connectivity index (χ3n) is 4.75. The molecule has 1 heterocycles. The van der Waals surface area contributed by atoms with Crippen molar-refractivity contribution in [2.45, 2.75) is 6.54 Å². The summed E-state index contributed by atoms with van der Waals surface area (Å²) in [6.45, 7) is 0.505. The maximum atomic E-state index is 12.0. The van der Waals surface area contributed by atoms with Crippen molar-refractivity contribution in [1.82, 2.24) is 20.6 Å². The molecular formula is C22H20N6O2. The Morgan fingerprint density at radius 3 is 2.50 bits per heavy atom. The predicted octanol–water partition coefficient (Wildman–Crippen LogP) is 3.51.